The van der Waals surface area contributed by atoms with E-state index in [1.54, 1.807) is 0 Å². The summed E-state index contributed by atoms with van der Waals surface area (Å²) in [4.78, 5) is 22.4. The maximum absolute atomic E-state index is 13.6. The van der Waals surface area contributed by atoms with Crippen molar-refractivity contribution in [1.82, 2.24) is 9.80 Å². The number of carbonyl (C=O) groups excluding carboxylic acids is 2. The van der Waals surface area contributed by atoms with E-state index in [0.29, 0.717) is 12.2 Å². The molecule has 0 aromatic carbocycles. The lowest BCUT2D eigenvalue weighted by Crippen LogP contribution is -2.61. The van der Waals surface area contributed by atoms with E-state index < -0.39 is 42.7 Å². The lowest BCUT2D eigenvalue weighted by atomic mass is 10.0. The van der Waals surface area contributed by atoms with Gasteiger partial charge in [-0.25, -0.2) is 0 Å². The summed E-state index contributed by atoms with van der Waals surface area (Å²) in [6, 6.07) is 0. The Bertz CT molecular complexity index is 451. The van der Waals surface area contributed by atoms with Crippen molar-refractivity contribution in [2.24, 2.45) is 0 Å². The lowest BCUT2D eigenvalue weighted by molar-refractivity contribution is -0.312. The zero-order valence-corrected chi connectivity index (χ0v) is 12.5. The predicted molar refractivity (Wildman–Crippen MR) is 70.5 cm³/mol. The van der Waals surface area contributed by atoms with Crippen molar-refractivity contribution in [3.63, 3.8) is 0 Å². The number of carbonyl (C=O) groups is 2. The van der Waals surface area contributed by atoms with E-state index in [4.69, 9.17) is 0 Å². The van der Waals surface area contributed by atoms with Crippen molar-refractivity contribution in [2.75, 3.05) is 27.2 Å². The van der Waals surface area contributed by atoms with E-state index in [2.05, 4.69) is 13.2 Å². The zero-order valence-electron chi connectivity index (χ0n) is 12.5. The van der Waals surface area contributed by atoms with Crippen LogP contribution in [0.5, 0.6) is 0 Å². The van der Waals surface area contributed by atoms with Gasteiger partial charge in [-0.1, -0.05) is 13.2 Å². The summed E-state index contributed by atoms with van der Waals surface area (Å²) in [6.07, 6.45) is 1.14. The normalized spacial score (nSPS) is 12.5. The Morgan fingerprint density at radius 1 is 0.826 bits per heavy atom. The Morgan fingerprint density at radius 3 is 1.30 bits per heavy atom. The fourth-order valence-corrected chi connectivity index (χ4v) is 1.53. The van der Waals surface area contributed by atoms with E-state index in [1.165, 1.54) is 0 Å². The molecule has 132 valence electrons. The van der Waals surface area contributed by atoms with E-state index in [9.17, 15) is 35.9 Å². The quantitative estimate of drug-likeness (QED) is 0.499. The van der Waals surface area contributed by atoms with Crippen molar-refractivity contribution in [3.05, 3.63) is 25.3 Å². The molecule has 23 heavy (non-hydrogen) atoms. The van der Waals surface area contributed by atoms with Gasteiger partial charge in [0.05, 0.1) is 13.1 Å². The molecule has 0 rings (SSSR count). The molecule has 0 saturated heterocycles. The number of hydrogen-bond donors (Lipinski definition) is 0. The molecular weight excluding hydrogens is 330 g/mol. The fourth-order valence-electron chi connectivity index (χ4n) is 1.53. The van der Waals surface area contributed by atoms with Gasteiger partial charge in [0.15, 0.2) is 0 Å². The molecule has 4 nitrogen and oxygen atoms in total. The minimum Gasteiger partial charge on any atom is -0.336 e. The lowest BCUT2D eigenvalue weighted by Gasteiger charge is -2.36. The third-order valence-corrected chi connectivity index (χ3v) is 2.89. The van der Waals surface area contributed by atoms with Crippen molar-refractivity contribution in [2.45, 2.75) is 17.8 Å². The molecular formula is C13H16F6N2O2. The highest BCUT2D eigenvalue weighted by molar-refractivity contribution is 5.87. The fraction of sp³-hybridized carbons (Fsp3) is 0.538. The molecule has 0 spiro atoms. The summed E-state index contributed by atoms with van der Waals surface area (Å²) >= 11 is 0. The third-order valence-electron chi connectivity index (χ3n) is 2.89. The van der Waals surface area contributed by atoms with Gasteiger partial charge in [-0.15, -0.1) is 0 Å². The van der Waals surface area contributed by atoms with Crippen LogP contribution in [0.1, 0.15) is 0 Å². The third kappa shape index (κ3) is 4.49. The van der Waals surface area contributed by atoms with Crippen LogP contribution < -0.4 is 0 Å². The molecule has 0 fully saturated rings. The highest BCUT2D eigenvalue weighted by atomic mass is 19.3. The maximum atomic E-state index is 13.6. The van der Waals surface area contributed by atoms with Crippen LogP contribution in [0.25, 0.3) is 0 Å². The molecule has 0 radical (unpaired) electrons. The Kier molecular flexibility index (Phi) is 6.44. The number of nitrogens with zero attached hydrogens (tertiary/aromatic N) is 2. The molecule has 0 heterocycles. The average molecular weight is 346 g/mol. The number of alkyl halides is 6. The van der Waals surface area contributed by atoms with Gasteiger partial charge in [-0.05, 0) is 12.2 Å². The molecule has 0 N–H and O–H groups in total. The summed E-state index contributed by atoms with van der Waals surface area (Å²) in [5, 5.41) is 0. The van der Waals surface area contributed by atoms with Crippen molar-refractivity contribution >= 4 is 11.8 Å². The van der Waals surface area contributed by atoms with Gasteiger partial charge in [0.2, 0.25) is 11.8 Å². The van der Waals surface area contributed by atoms with E-state index in [-0.39, 0.29) is 9.80 Å². The summed E-state index contributed by atoms with van der Waals surface area (Å²) in [6.45, 7) is 2.04. The second-order valence-electron chi connectivity index (χ2n) is 4.78. The maximum Gasteiger partial charge on any atom is 0.375 e. The first-order chi connectivity index (χ1) is 10.2. The molecule has 10 heteroatoms. The molecule has 0 aliphatic rings. The van der Waals surface area contributed by atoms with Crippen molar-refractivity contribution < 1.29 is 35.9 Å². The molecule has 0 unspecified atom stereocenters. The Balaban J connectivity index is 5.39. The van der Waals surface area contributed by atoms with Crippen LogP contribution >= 0.6 is 0 Å². The highest BCUT2D eigenvalue weighted by Crippen LogP contribution is 2.46. The Morgan fingerprint density at radius 2 is 1.09 bits per heavy atom. The molecule has 0 bridgehead atoms. The largest absolute Gasteiger partial charge is 0.375 e. The average Bonchev–Trinajstić information content (AvgIpc) is 2.43. The zero-order chi connectivity index (χ0) is 18.6. The smallest absolute Gasteiger partial charge is 0.336 e. The topological polar surface area (TPSA) is 40.6 Å². The van der Waals surface area contributed by atoms with Crippen LogP contribution in [-0.4, -0.2) is 66.6 Å². The minimum absolute atomic E-state index is 0.135. The molecule has 2 amide bonds. The summed E-state index contributed by atoms with van der Waals surface area (Å²) in [5.74, 6) is -18.5. The SMILES string of the molecule is C=CC(=O)N(C)CC(F)(F)C(F)(F)C(F)(F)CN(C)C(=O)C=C. The van der Waals surface area contributed by atoms with Crippen LogP contribution in [0.4, 0.5) is 26.3 Å². The number of hydrogen-bond acceptors (Lipinski definition) is 2. The number of likely N-dealkylation sites (N-methyl/N-ethyl adjacent to an activating group) is 2. The second kappa shape index (κ2) is 7.05. The minimum atomic E-state index is -5.80. The highest BCUT2D eigenvalue weighted by Gasteiger charge is 2.71. The van der Waals surface area contributed by atoms with E-state index in [1.807, 2.05) is 0 Å². The van der Waals surface area contributed by atoms with Crippen LogP contribution in [0, 0.1) is 0 Å². The monoisotopic (exact) mass is 346 g/mol. The summed E-state index contributed by atoms with van der Waals surface area (Å²) in [5.41, 5.74) is 0. The van der Waals surface area contributed by atoms with Gasteiger partial charge < -0.3 is 9.80 Å². The van der Waals surface area contributed by atoms with Gasteiger partial charge in [0.25, 0.3) is 0 Å². The van der Waals surface area contributed by atoms with Gasteiger partial charge in [-0.3, -0.25) is 9.59 Å². The molecule has 0 aliphatic heterocycles. The van der Waals surface area contributed by atoms with Gasteiger partial charge in [0, 0.05) is 14.1 Å². The summed E-state index contributed by atoms with van der Waals surface area (Å²) < 4.78 is 81.6. The van der Waals surface area contributed by atoms with E-state index in [0.717, 1.165) is 14.1 Å². The molecule has 0 aliphatic carbocycles. The van der Waals surface area contributed by atoms with Crippen LogP contribution in [0.2, 0.25) is 0 Å². The summed E-state index contributed by atoms with van der Waals surface area (Å²) in [7, 11) is 1.47. The van der Waals surface area contributed by atoms with Crippen molar-refractivity contribution in [1.29, 1.82) is 0 Å². The second-order valence-corrected chi connectivity index (χ2v) is 4.78. The first-order valence-corrected chi connectivity index (χ1v) is 6.12. The van der Waals surface area contributed by atoms with Crippen LogP contribution in [-0.2, 0) is 9.59 Å². The molecule has 0 aromatic rings. The molecule has 0 saturated carbocycles. The van der Waals surface area contributed by atoms with E-state index >= 15 is 0 Å². The molecule has 0 aromatic heterocycles. The number of rotatable bonds is 8. The molecule has 0 atom stereocenters. The van der Waals surface area contributed by atoms with Gasteiger partial charge in [-0.2, -0.15) is 26.3 Å². The standard InChI is InChI=1S/C13H16F6N2O2/c1-5-9(22)20(3)7-11(14,15)13(18,19)12(16,17)8-21(4)10(23)6-2/h5-6H,1-2,7-8H2,3-4H3. The van der Waals surface area contributed by atoms with Gasteiger partial charge in [0.1, 0.15) is 0 Å². The Labute approximate surface area is 129 Å². The van der Waals surface area contributed by atoms with Gasteiger partial charge >= 0.3 is 17.8 Å². The first kappa shape index (κ1) is 21.0. The van der Waals surface area contributed by atoms with Crippen LogP contribution in [0.3, 0.4) is 0 Å². The number of halogens is 6. The van der Waals surface area contributed by atoms with Crippen molar-refractivity contribution in [3.8, 4) is 0 Å². The first-order valence-electron chi connectivity index (χ1n) is 6.12. The Hall–Kier alpha value is -2.00. The predicted octanol–water partition coefficient (Wildman–Crippen LogP) is 2.18. The number of amides is 2. The van der Waals surface area contributed by atoms with Crippen LogP contribution in [0.15, 0.2) is 25.3 Å².